The molecule has 3 aliphatic rings. The minimum absolute atomic E-state index is 0.193. The van der Waals surface area contributed by atoms with Gasteiger partial charge in [-0.3, -0.25) is 24.6 Å². The lowest BCUT2D eigenvalue weighted by Gasteiger charge is -2.31. The van der Waals surface area contributed by atoms with Crippen molar-refractivity contribution < 1.29 is 14.4 Å². The highest BCUT2D eigenvalue weighted by molar-refractivity contribution is 6.42. The summed E-state index contributed by atoms with van der Waals surface area (Å²) in [6.07, 6.45) is 0.670. The zero-order valence-electron chi connectivity index (χ0n) is 21.7. The van der Waals surface area contributed by atoms with Crippen molar-refractivity contribution in [1.82, 2.24) is 10.2 Å². The van der Waals surface area contributed by atoms with Gasteiger partial charge in [0.2, 0.25) is 11.8 Å². The number of nitrogens with one attached hydrogen (secondary N) is 1. The van der Waals surface area contributed by atoms with E-state index in [2.05, 4.69) is 19.2 Å². The predicted octanol–water partition coefficient (Wildman–Crippen LogP) is 5.55. The fourth-order valence-electron chi connectivity index (χ4n) is 6.62. The van der Waals surface area contributed by atoms with Gasteiger partial charge < -0.3 is 4.90 Å². The van der Waals surface area contributed by atoms with Gasteiger partial charge in [0.1, 0.15) is 5.54 Å². The molecule has 0 saturated carbocycles. The maximum Gasteiger partial charge on any atom is 0.253 e. The van der Waals surface area contributed by atoms with E-state index in [4.69, 9.17) is 23.2 Å². The molecule has 2 saturated heterocycles. The molecular formula is C31H29Cl2N3O3. The van der Waals surface area contributed by atoms with Crippen LogP contribution in [-0.2, 0) is 33.0 Å². The molecule has 0 bridgehead atoms. The number of imide groups is 1. The number of carbonyl (C=O) groups excluding carboxylic acids is 3. The molecule has 4 atom stereocenters. The van der Waals surface area contributed by atoms with Crippen molar-refractivity contribution in [2.75, 3.05) is 4.90 Å². The number of likely N-dealkylation sites (tertiary alicyclic amines) is 1. The number of anilines is 1. The number of hydrogen-bond acceptors (Lipinski definition) is 4. The minimum atomic E-state index is -1.32. The van der Waals surface area contributed by atoms with Crippen LogP contribution in [0.4, 0.5) is 5.69 Å². The van der Waals surface area contributed by atoms with Gasteiger partial charge in [-0.1, -0.05) is 91.6 Å². The van der Waals surface area contributed by atoms with Crippen LogP contribution in [0, 0.1) is 17.8 Å². The Morgan fingerprint density at radius 1 is 0.821 bits per heavy atom. The van der Waals surface area contributed by atoms with E-state index in [1.165, 1.54) is 4.90 Å². The molecule has 6 nitrogen and oxygen atoms in total. The second kappa shape index (κ2) is 9.77. The van der Waals surface area contributed by atoms with Crippen molar-refractivity contribution in [1.29, 1.82) is 0 Å². The molecule has 3 aromatic carbocycles. The Morgan fingerprint density at radius 3 is 2.23 bits per heavy atom. The zero-order chi connectivity index (χ0) is 27.5. The van der Waals surface area contributed by atoms with Crippen LogP contribution >= 0.6 is 23.2 Å². The van der Waals surface area contributed by atoms with E-state index in [0.717, 1.165) is 22.4 Å². The first-order valence-corrected chi connectivity index (χ1v) is 14.0. The van der Waals surface area contributed by atoms with Gasteiger partial charge in [-0.2, -0.15) is 0 Å². The van der Waals surface area contributed by atoms with Crippen molar-refractivity contribution in [2.45, 2.75) is 44.9 Å². The van der Waals surface area contributed by atoms with Gasteiger partial charge in [-0.15, -0.1) is 0 Å². The van der Waals surface area contributed by atoms with Gasteiger partial charge >= 0.3 is 0 Å². The lowest BCUT2D eigenvalue weighted by molar-refractivity contribution is -0.143. The smallest absolute Gasteiger partial charge is 0.253 e. The predicted molar refractivity (Wildman–Crippen MR) is 151 cm³/mol. The second-order valence-electron chi connectivity index (χ2n) is 11.1. The van der Waals surface area contributed by atoms with Crippen molar-refractivity contribution in [3.8, 4) is 0 Å². The molecule has 0 aromatic heterocycles. The van der Waals surface area contributed by atoms with E-state index in [0.29, 0.717) is 16.5 Å². The summed E-state index contributed by atoms with van der Waals surface area (Å²) in [6.45, 7) is 4.63. The fraction of sp³-hybridized carbons (Fsp3) is 0.323. The molecule has 8 heteroatoms. The molecule has 3 aliphatic heterocycles. The molecule has 2 fully saturated rings. The molecule has 0 unspecified atom stereocenters. The lowest BCUT2D eigenvalue weighted by Crippen LogP contribution is -2.55. The molecule has 6 rings (SSSR count). The normalized spacial score (nSPS) is 25.8. The van der Waals surface area contributed by atoms with Gasteiger partial charge in [-0.25, -0.2) is 0 Å². The number of rotatable bonds is 6. The highest BCUT2D eigenvalue weighted by Gasteiger charge is 2.71. The van der Waals surface area contributed by atoms with Crippen LogP contribution < -0.4 is 10.2 Å². The van der Waals surface area contributed by atoms with Crippen LogP contribution in [0.5, 0.6) is 0 Å². The van der Waals surface area contributed by atoms with Crippen molar-refractivity contribution in [2.24, 2.45) is 17.8 Å². The average molecular weight is 562 g/mol. The molecule has 200 valence electrons. The highest BCUT2D eigenvalue weighted by Crippen LogP contribution is 2.55. The summed E-state index contributed by atoms with van der Waals surface area (Å²) in [5.41, 5.74) is 1.83. The maximum atomic E-state index is 14.6. The Kier molecular flexibility index (Phi) is 6.53. The average Bonchev–Trinajstić information content (AvgIpc) is 3.46. The standard InChI is InChI=1S/C31H29Cl2N3O3/c1-18(2)14-24-26-27(29(38)36(28(26)37)16-19-8-4-3-5-9-19)31(34-24)21-10-6-7-11-25(21)35(30(31)39)17-20-12-13-22(32)23(33)15-20/h3-13,15,18,24,26-27,34H,14,16-17H2,1-2H3/t24-,26-,27-,31-/m0/s1. The molecule has 3 amide bonds. The summed E-state index contributed by atoms with van der Waals surface area (Å²) in [6, 6.07) is 22.1. The quantitative estimate of drug-likeness (QED) is 0.400. The molecule has 0 radical (unpaired) electrons. The summed E-state index contributed by atoms with van der Waals surface area (Å²) in [7, 11) is 0. The summed E-state index contributed by atoms with van der Waals surface area (Å²) >= 11 is 12.4. The van der Waals surface area contributed by atoms with Gasteiger partial charge in [0, 0.05) is 17.3 Å². The number of amides is 3. The number of halogens is 2. The first-order valence-electron chi connectivity index (χ1n) is 13.2. The summed E-state index contributed by atoms with van der Waals surface area (Å²) in [4.78, 5) is 45.7. The summed E-state index contributed by atoms with van der Waals surface area (Å²) < 4.78 is 0. The largest absolute Gasteiger partial charge is 0.306 e. The van der Waals surface area contributed by atoms with Crippen LogP contribution in [0.1, 0.15) is 37.0 Å². The third-order valence-electron chi connectivity index (χ3n) is 8.19. The van der Waals surface area contributed by atoms with E-state index in [-0.39, 0.29) is 42.8 Å². The Labute approximate surface area is 237 Å². The van der Waals surface area contributed by atoms with Crippen LogP contribution in [0.3, 0.4) is 0 Å². The van der Waals surface area contributed by atoms with E-state index in [1.807, 2.05) is 60.7 Å². The first-order chi connectivity index (χ1) is 18.7. The monoisotopic (exact) mass is 561 g/mol. The summed E-state index contributed by atoms with van der Waals surface area (Å²) in [5, 5.41) is 4.43. The van der Waals surface area contributed by atoms with Crippen molar-refractivity contribution in [3.05, 3.63) is 99.5 Å². The lowest BCUT2D eigenvalue weighted by atomic mass is 9.76. The first kappa shape index (κ1) is 26.1. The molecule has 3 heterocycles. The number of carbonyl (C=O) groups is 3. The number of benzene rings is 3. The van der Waals surface area contributed by atoms with E-state index >= 15 is 0 Å². The maximum absolute atomic E-state index is 14.6. The Morgan fingerprint density at radius 2 is 1.51 bits per heavy atom. The van der Waals surface area contributed by atoms with Crippen LogP contribution in [0.2, 0.25) is 10.0 Å². The Bertz CT molecular complexity index is 1480. The van der Waals surface area contributed by atoms with Crippen molar-refractivity contribution >= 4 is 46.6 Å². The highest BCUT2D eigenvalue weighted by atomic mass is 35.5. The SMILES string of the molecule is CC(C)C[C@@H]1N[C@]2(C(=O)N(Cc3ccc(Cl)c(Cl)c3)c3ccccc32)[C@@H]2C(=O)N(Cc3ccccc3)C(=O)[C@@H]12. The number of fused-ring (bicyclic) bond motifs is 4. The van der Waals surface area contributed by atoms with E-state index in [9.17, 15) is 14.4 Å². The number of hydrogen-bond donors (Lipinski definition) is 1. The Balaban J connectivity index is 1.44. The van der Waals surface area contributed by atoms with Gasteiger partial charge in [0.25, 0.3) is 5.91 Å². The van der Waals surface area contributed by atoms with Crippen LogP contribution in [0.15, 0.2) is 72.8 Å². The summed E-state index contributed by atoms with van der Waals surface area (Å²) in [5.74, 6) is -1.91. The molecule has 1 N–H and O–H groups in total. The topological polar surface area (TPSA) is 69.7 Å². The Hall–Kier alpha value is -3.19. The third-order valence-corrected chi connectivity index (χ3v) is 8.93. The fourth-order valence-corrected chi connectivity index (χ4v) is 6.94. The van der Waals surface area contributed by atoms with Crippen molar-refractivity contribution in [3.63, 3.8) is 0 Å². The van der Waals surface area contributed by atoms with Gasteiger partial charge in [0.05, 0.1) is 35.0 Å². The van der Waals surface area contributed by atoms with Gasteiger partial charge in [0.15, 0.2) is 0 Å². The molecule has 1 spiro atoms. The van der Waals surface area contributed by atoms with E-state index < -0.39 is 17.4 Å². The van der Waals surface area contributed by atoms with Crippen LogP contribution in [-0.4, -0.2) is 28.7 Å². The molecular weight excluding hydrogens is 533 g/mol. The molecule has 0 aliphatic carbocycles. The number of nitrogens with zero attached hydrogens (tertiary/aromatic N) is 2. The van der Waals surface area contributed by atoms with Gasteiger partial charge in [-0.05, 0) is 41.7 Å². The molecule has 3 aromatic rings. The third kappa shape index (κ3) is 4.08. The molecule has 39 heavy (non-hydrogen) atoms. The van der Waals surface area contributed by atoms with E-state index in [1.54, 1.807) is 17.0 Å². The zero-order valence-corrected chi connectivity index (χ0v) is 23.2. The number of para-hydroxylation sites is 1. The minimum Gasteiger partial charge on any atom is -0.306 e. The van der Waals surface area contributed by atoms with Crippen LogP contribution in [0.25, 0.3) is 0 Å². The second-order valence-corrected chi connectivity index (χ2v) is 11.9.